The van der Waals surface area contributed by atoms with E-state index in [1.54, 1.807) is 19.2 Å². The summed E-state index contributed by atoms with van der Waals surface area (Å²) in [5.74, 6) is -1.29. The fourth-order valence-corrected chi connectivity index (χ4v) is 2.33. The molecule has 0 aliphatic heterocycles. The fraction of sp³-hybridized carbons (Fsp3) is 0.0769. The first-order valence-corrected chi connectivity index (χ1v) is 5.92. The first kappa shape index (κ1) is 12.5. The van der Waals surface area contributed by atoms with Gasteiger partial charge in [-0.25, -0.2) is 13.8 Å². The van der Waals surface area contributed by atoms with E-state index in [-0.39, 0.29) is 4.90 Å². The van der Waals surface area contributed by atoms with Crippen molar-refractivity contribution >= 4 is 11.8 Å². The van der Waals surface area contributed by atoms with Crippen LogP contribution in [0, 0.1) is 29.9 Å². The van der Waals surface area contributed by atoms with Crippen molar-refractivity contribution in [1.82, 2.24) is 4.98 Å². The summed E-state index contributed by atoms with van der Waals surface area (Å²) in [6.07, 6.45) is 1.56. The van der Waals surface area contributed by atoms with Gasteiger partial charge in [0.05, 0.1) is 5.56 Å². The topological polar surface area (TPSA) is 36.7 Å². The third kappa shape index (κ3) is 2.49. The lowest BCUT2D eigenvalue weighted by molar-refractivity contribution is 0.565. The zero-order valence-electron chi connectivity index (χ0n) is 9.45. The van der Waals surface area contributed by atoms with Crippen molar-refractivity contribution in [1.29, 1.82) is 5.26 Å². The van der Waals surface area contributed by atoms with Gasteiger partial charge in [-0.2, -0.15) is 5.26 Å². The summed E-state index contributed by atoms with van der Waals surface area (Å²) in [6.45, 7) is 1.78. The number of pyridine rings is 1. The van der Waals surface area contributed by atoms with Gasteiger partial charge >= 0.3 is 0 Å². The lowest BCUT2D eigenvalue weighted by Crippen LogP contribution is -1.91. The van der Waals surface area contributed by atoms with Crippen molar-refractivity contribution in [2.75, 3.05) is 0 Å². The first-order valence-electron chi connectivity index (χ1n) is 5.10. The lowest BCUT2D eigenvalue weighted by Gasteiger charge is -2.05. The van der Waals surface area contributed by atoms with Crippen molar-refractivity contribution in [3.63, 3.8) is 0 Å². The molecule has 0 saturated carbocycles. The van der Waals surface area contributed by atoms with Gasteiger partial charge in [0.25, 0.3) is 0 Å². The molecule has 0 spiro atoms. The largest absolute Gasteiger partial charge is 0.248 e. The molecule has 0 amide bonds. The third-order valence-corrected chi connectivity index (χ3v) is 3.39. The Morgan fingerprint density at radius 3 is 2.72 bits per heavy atom. The average molecular weight is 262 g/mol. The number of rotatable bonds is 2. The first-order chi connectivity index (χ1) is 8.61. The SMILES string of the molecule is Cc1ccnc(Sc2ccc(F)cc2F)c1C#N. The van der Waals surface area contributed by atoms with Crippen molar-refractivity contribution in [3.8, 4) is 6.07 Å². The number of hydrogen-bond donors (Lipinski definition) is 0. The number of hydrogen-bond acceptors (Lipinski definition) is 3. The molecule has 0 atom stereocenters. The van der Waals surface area contributed by atoms with Gasteiger partial charge in [0.1, 0.15) is 22.7 Å². The highest BCUT2D eigenvalue weighted by Gasteiger charge is 2.11. The molecule has 0 N–H and O–H groups in total. The number of aromatic nitrogens is 1. The second-order valence-corrected chi connectivity index (χ2v) is 4.63. The molecule has 2 rings (SSSR count). The van der Waals surface area contributed by atoms with Crippen LogP contribution in [-0.2, 0) is 0 Å². The van der Waals surface area contributed by atoms with Gasteiger partial charge in [0.15, 0.2) is 0 Å². The molecular weight excluding hydrogens is 254 g/mol. The van der Waals surface area contributed by atoms with Crippen LogP contribution in [0.5, 0.6) is 0 Å². The number of aryl methyl sites for hydroxylation is 1. The third-order valence-electron chi connectivity index (χ3n) is 2.34. The zero-order valence-corrected chi connectivity index (χ0v) is 10.3. The fourth-order valence-electron chi connectivity index (χ4n) is 1.41. The van der Waals surface area contributed by atoms with E-state index in [0.717, 1.165) is 23.4 Å². The molecule has 90 valence electrons. The van der Waals surface area contributed by atoms with Gasteiger partial charge in [-0.3, -0.25) is 0 Å². The average Bonchev–Trinajstić information content (AvgIpc) is 2.33. The molecule has 1 heterocycles. The lowest BCUT2D eigenvalue weighted by atomic mass is 10.2. The van der Waals surface area contributed by atoms with Crippen molar-refractivity contribution < 1.29 is 8.78 Å². The van der Waals surface area contributed by atoms with Crippen molar-refractivity contribution in [2.24, 2.45) is 0 Å². The van der Waals surface area contributed by atoms with Crippen molar-refractivity contribution in [2.45, 2.75) is 16.8 Å². The van der Waals surface area contributed by atoms with Crippen molar-refractivity contribution in [3.05, 3.63) is 53.2 Å². The minimum absolute atomic E-state index is 0.242. The van der Waals surface area contributed by atoms with Gasteiger partial charge < -0.3 is 0 Å². The second kappa shape index (κ2) is 5.15. The summed E-state index contributed by atoms with van der Waals surface area (Å²) in [6, 6.07) is 7.06. The van der Waals surface area contributed by atoms with E-state index >= 15 is 0 Å². The van der Waals surface area contributed by atoms with Gasteiger partial charge in [-0.1, -0.05) is 11.8 Å². The van der Waals surface area contributed by atoms with E-state index in [1.165, 1.54) is 12.1 Å². The molecule has 0 saturated heterocycles. The van der Waals surface area contributed by atoms with Gasteiger partial charge in [-0.15, -0.1) is 0 Å². The molecule has 0 aliphatic carbocycles. The predicted octanol–water partition coefficient (Wildman–Crippen LogP) is 3.69. The standard InChI is InChI=1S/C13H8F2N2S/c1-8-4-5-17-13(10(8)7-16)18-12-3-2-9(14)6-11(12)15/h2-6H,1H3. The minimum Gasteiger partial charge on any atom is -0.248 e. The van der Waals surface area contributed by atoms with E-state index in [4.69, 9.17) is 5.26 Å². The molecule has 2 aromatic rings. The Bertz CT molecular complexity index is 635. The van der Waals surface area contributed by atoms with Crippen LogP contribution in [0.3, 0.4) is 0 Å². The molecule has 0 radical (unpaired) electrons. The van der Waals surface area contributed by atoms with Crippen LogP contribution in [0.25, 0.3) is 0 Å². The maximum Gasteiger partial charge on any atom is 0.140 e. The summed E-state index contributed by atoms with van der Waals surface area (Å²) in [5.41, 5.74) is 1.18. The maximum absolute atomic E-state index is 13.5. The summed E-state index contributed by atoms with van der Waals surface area (Å²) < 4.78 is 26.3. The van der Waals surface area contributed by atoms with E-state index in [2.05, 4.69) is 4.98 Å². The van der Waals surface area contributed by atoms with Gasteiger partial charge in [0, 0.05) is 17.2 Å². The van der Waals surface area contributed by atoms with Crippen LogP contribution in [0.2, 0.25) is 0 Å². The Hall–Kier alpha value is -1.93. The van der Waals surface area contributed by atoms with Crippen LogP contribution < -0.4 is 0 Å². The highest BCUT2D eigenvalue weighted by Crippen LogP contribution is 2.31. The molecule has 5 heteroatoms. The Balaban J connectivity index is 2.41. The van der Waals surface area contributed by atoms with E-state index in [0.29, 0.717) is 10.6 Å². The van der Waals surface area contributed by atoms with Crippen LogP contribution in [0.15, 0.2) is 40.4 Å². The Labute approximate surface area is 107 Å². The molecule has 2 nitrogen and oxygen atoms in total. The molecule has 18 heavy (non-hydrogen) atoms. The Morgan fingerprint density at radius 2 is 2.06 bits per heavy atom. The molecular formula is C13H8F2N2S. The molecule has 0 fully saturated rings. The van der Waals surface area contributed by atoms with Gasteiger partial charge in [0.2, 0.25) is 0 Å². The predicted molar refractivity (Wildman–Crippen MR) is 64.2 cm³/mol. The highest BCUT2D eigenvalue weighted by atomic mass is 32.2. The number of benzene rings is 1. The van der Waals surface area contributed by atoms with E-state index in [9.17, 15) is 8.78 Å². The quantitative estimate of drug-likeness (QED) is 0.828. The minimum atomic E-state index is -0.660. The Kier molecular flexibility index (Phi) is 3.58. The summed E-state index contributed by atoms with van der Waals surface area (Å²) in [4.78, 5) is 4.29. The molecule has 1 aromatic heterocycles. The maximum atomic E-state index is 13.5. The monoisotopic (exact) mass is 262 g/mol. The van der Waals surface area contributed by atoms with Crippen LogP contribution >= 0.6 is 11.8 Å². The summed E-state index contributed by atoms with van der Waals surface area (Å²) in [5, 5.41) is 9.45. The highest BCUT2D eigenvalue weighted by molar-refractivity contribution is 7.99. The van der Waals surface area contributed by atoms with Crippen LogP contribution in [0.1, 0.15) is 11.1 Å². The van der Waals surface area contributed by atoms with E-state index < -0.39 is 11.6 Å². The Morgan fingerprint density at radius 1 is 1.28 bits per heavy atom. The molecule has 0 aliphatic rings. The molecule has 1 aromatic carbocycles. The summed E-state index contributed by atoms with van der Waals surface area (Å²) >= 11 is 1.01. The number of halogens is 2. The molecule has 0 bridgehead atoms. The summed E-state index contributed by atoms with van der Waals surface area (Å²) in [7, 11) is 0. The smallest absolute Gasteiger partial charge is 0.140 e. The number of nitrogens with zero attached hydrogens (tertiary/aromatic N) is 2. The van der Waals surface area contributed by atoms with Gasteiger partial charge in [-0.05, 0) is 30.7 Å². The normalized spacial score (nSPS) is 10.1. The van der Waals surface area contributed by atoms with Crippen LogP contribution in [-0.4, -0.2) is 4.98 Å². The number of nitriles is 1. The van der Waals surface area contributed by atoms with Crippen LogP contribution in [0.4, 0.5) is 8.78 Å². The molecule has 0 unspecified atom stereocenters. The second-order valence-electron chi connectivity index (χ2n) is 3.60. The van der Waals surface area contributed by atoms with E-state index in [1.807, 2.05) is 6.07 Å². The zero-order chi connectivity index (χ0) is 13.1.